The van der Waals surface area contributed by atoms with Crippen molar-refractivity contribution in [3.05, 3.63) is 36.0 Å². The van der Waals surface area contributed by atoms with E-state index in [4.69, 9.17) is 5.73 Å². The van der Waals surface area contributed by atoms with Crippen LogP contribution in [0.5, 0.6) is 0 Å². The van der Waals surface area contributed by atoms with E-state index in [1.54, 1.807) is 12.3 Å². The van der Waals surface area contributed by atoms with Crippen LogP contribution in [0.3, 0.4) is 0 Å². The van der Waals surface area contributed by atoms with Gasteiger partial charge in [-0.1, -0.05) is 24.3 Å². The van der Waals surface area contributed by atoms with Crippen molar-refractivity contribution in [3.63, 3.8) is 0 Å². The van der Waals surface area contributed by atoms with Gasteiger partial charge in [0.15, 0.2) is 0 Å². The highest BCUT2D eigenvalue weighted by molar-refractivity contribution is 5.76. The lowest BCUT2D eigenvalue weighted by Gasteiger charge is -2.18. The summed E-state index contributed by atoms with van der Waals surface area (Å²) in [6, 6.07) is 7.28. The monoisotopic (exact) mass is 219 g/mol. The molecule has 84 valence electrons. The number of benzene rings is 1. The summed E-state index contributed by atoms with van der Waals surface area (Å²) in [4.78, 5) is 0. The van der Waals surface area contributed by atoms with Crippen LogP contribution in [-0.4, -0.2) is 10.2 Å². The second kappa shape index (κ2) is 3.63. The summed E-state index contributed by atoms with van der Waals surface area (Å²) in [6.45, 7) is 3.06. The molecule has 3 nitrogen and oxygen atoms in total. The Hall–Kier alpha value is -1.84. The SMILES string of the molecule is CC(C)(F)c1ccccc1-c1cn[nH]c1N. The number of nitrogens with one attached hydrogen (secondary N) is 1. The topological polar surface area (TPSA) is 54.7 Å². The van der Waals surface area contributed by atoms with Gasteiger partial charge in [0, 0.05) is 5.56 Å². The number of nitrogens with two attached hydrogens (primary N) is 1. The maximum absolute atomic E-state index is 14.0. The average Bonchev–Trinajstić information content (AvgIpc) is 2.63. The molecule has 1 heterocycles. The summed E-state index contributed by atoms with van der Waals surface area (Å²) in [5, 5.41) is 6.50. The Bertz CT molecular complexity index is 497. The molecule has 2 rings (SSSR count). The van der Waals surface area contributed by atoms with Crippen molar-refractivity contribution in [1.29, 1.82) is 0 Å². The molecule has 0 amide bonds. The molecule has 0 aliphatic carbocycles. The van der Waals surface area contributed by atoms with Crippen LogP contribution in [0.25, 0.3) is 11.1 Å². The summed E-state index contributed by atoms with van der Waals surface area (Å²) < 4.78 is 14.0. The molecule has 2 aromatic rings. The molecular formula is C12H14FN3. The van der Waals surface area contributed by atoms with E-state index >= 15 is 0 Å². The summed E-state index contributed by atoms with van der Waals surface area (Å²) in [6.07, 6.45) is 1.61. The third-order valence-electron chi connectivity index (χ3n) is 2.53. The van der Waals surface area contributed by atoms with Gasteiger partial charge < -0.3 is 5.73 Å². The summed E-state index contributed by atoms with van der Waals surface area (Å²) >= 11 is 0. The highest BCUT2D eigenvalue weighted by atomic mass is 19.1. The van der Waals surface area contributed by atoms with E-state index in [2.05, 4.69) is 10.2 Å². The second-order valence-electron chi connectivity index (χ2n) is 4.22. The highest BCUT2D eigenvalue weighted by Gasteiger charge is 2.23. The molecule has 0 bridgehead atoms. The predicted octanol–water partition coefficient (Wildman–Crippen LogP) is 2.86. The molecule has 0 saturated carbocycles. The third-order valence-corrected chi connectivity index (χ3v) is 2.53. The molecule has 16 heavy (non-hydrogen) atoms. The summed E-state index contributed by atoms with van der Waals surface area (Å²) in [5.74, 6) is 0.455. The number of anilines is 1. The van der Waals surface area contributed by atoms with E-state index in [0.29, 0.717) is 11.4 Å². The number of rotatable bonds is 2. The Morgan fingerprint density at radius 3 is 2.50 bits per heavy atom. The number of nitrogens with zero attached hydrogens (tertiary/aromatic N) is 1. The fraction of sp³-hybridized carbons (Fsp3) is 0.250. The molecule has 4 heteroatoms. The number of hydrogen-bond donors (Lipinski definition) is 2. The van der Waals surface area contributed by atoms with Crippen molar-refractivity contribution < 1.29 is 4.39 Å². The quantitative estimate of drug-likeness (QED) is 0.816. The van der Waals surface area contributed by atoms with Crippen LogP contribution in [0.4, 0.5) is 10.2 Å². The van der Waals surface area contributed by atoms with Crippen LogP contribution in [0.2, 0.25) is 0 Å². The van der Waals surface area contributed by atoms with Crippen molar-refractivity contribution in [1.82, 2.24) is 10.2 Å². The van der Waals surface area contributed by atoms with Crippen molar-refractivity contribution >= 4 is 5.82 Å². The first kappa shape index (κ1) is 10.7. The molecule has 1 aromatic heterocycles. The highest BCUT2D eigenvalue weighted by Crippen LogP contribution is 2.35. The number of H-pyrrole nitrogens is 1. The normalized spacial score (nSPS) is 11.7. The van der Waals surface area contributed by atoms with Gasteiger partial charge in [-0.05, 0) is 25.0 Å². The zero-order valence-electron chi connectivity index (χ0n) is 9.29. The summed E-state index contributed by atoms with van der Waals surface area (Å²) in [5.41, 5.74) is 6.47. The van der Waals surface area contributed by atoms with Crippen molar-refractivity contribution in [2.75, 3.05) is 5.73 Å². The van der Waals surface area contributed by atoms with Gasteiger partial charge in [-0.2, -0.15) is 5.10 Å². The number of alkyl halides is 1. The maximum Gasteiger partial charge on any atom is 0.131 e. The Morgan fingerprint density at radius 2 is 1.94 bits per heavy atom. The molecular weight excluding hydrogens is 205 g/mol. The third kappa shape index (κ3) is 1.78. The molecule has 1 aromatic carbocycles. The first-order valence-corrected chi connectivity index (χ1v) is 5.08. The van der Waals surface area contributed by atoms with Crippen LogP contribution in [0.1, 0.15) is 19.4 Å². The first-order chi connectivity index (χ1) is 7.50. The van der Waals surface area contributed by atoms with Gasteiger partial charge in [-0.15, -0.1) is 0 Å². The Kier molecular flexibility index (Phi) is 2.42. The Labute approximate surface area is 93.5 Å². The Balaban J connectivity index is 2.62. The lowest BCUT2D eigenvalue weighted by atomic mass is 9.92. The fourth-order valence-electron chi connectivity index (χ4n) is 1.75. The van der Waals surface area contributed by atoms with Crippen LogP contribution in [0, 0.1) is 0 Å². The number of nitrogen functional groups attached to an aromatic ring is 1. The average molecular weight is 219 g/mol. The van der Waals surface area contributed by atoms with Crippen LogP contribution in [0.15, 0.2) is 30.5 Å². The minimum absolute atomic E-state index is 0.455. The standard InChI is InChI=1S/C12H14FN3/c1-12(2,13)10-6-4-3-5-8(10)9-7-15-16-11(9)14/h3-7H,1-2H3,(H3,14,15,16). The first-order valence-electron chi connectivity index (χ1n) is 5.08. The van der Waals surface area contributed by atoms with Gasteiger partial charge in [-0.25, -0.2) is 4.39 Å². The van der Waals surface area contributed by atoms with Crippen LogP contribution in [-0.2, 0) is 5.67 Å². The minimum Gasteiger partial charge on any atom is -0.384 e. The Morgan fingerprint density at radius 1 is 1.25 bits per heavy atom. The zero-order valence-corrected chi connectivity index (χ0v) is 9.29. The van der Waals surface area contributed by atoms with Crippen LogP contribution < -0.4 is 5.73 Å². The molecule has 0 atom stereocenters. The van der Waals surface area contributed by atoms with E-state index in [0.717, 1.165) is 11.1 Å². The van der Waals surface area contributed by atoms with E-state index < -0.39 is 5.67 Å². The van der Waals surface area contributed by atoms with E-state index in [-0.39, 0.29) is 0 Å². The zero-order chi connectivity index (χ0) is 11.8. The molecule has 0 aliphatic heterocycles. The van der Waals surface area contributed by atoms with Gasteiger partial charge in [0.05, 0.1) is 6.20 Å². The summed E-state index contributed by atoms with van der Waals surface area (Å²) in [7, 11) is 0. The molecule has 0 spiro atoms. The fourth-order valence-corrected chi connectivity index (χ4v) is 1.75. The molecule has 0 saturated heterocycles. The van der Waals surface area contributed by atoms with Crippen molar-refractivity contribution in [2.24, 2.45) is 0 Å². The number of aromatic amines is 1. The molecule has 0 aliphatic rings. The van der Waals surface area contributed by atoms with Gasteiger partial charge >= 0.3 is 0 Å². The molecule has 0 radical (unpaired) electrons. The number of hydrogen-bond acceptors (Lipinski definition) is 2. The minimum atomic E-state index is -1.40. The predicted molar refractivity (Wildman–Crippen MR) is 62.6 cm³/mol. The lowest BCUT2D eigenvalue weighted by Crippen LogP contribution is -2.10. The van der Waals surface area contributed by atoms with E-state index in [1.165, 1.54) is 13.8 Å². The van der Waals surface area contributed by atoms with Crippen molar-refractivity contribution in [3.8, 4) is 11.1 Å². The molecule has 0 unspecified atom stereocenters. The van der Waals surface area contributed by atoms with Gasteiger partial charge in [-0.3, -0.25) is 5.10 Å². The van der Waals surface area contributed by atoms with E-state index in [1.807, 2.05) is 18.2 Å². The van der Waals surface area contributed by atoms with Crippen molar-refractivity contribution in [2.45, 2.75) is 19.5 Å². The van der Waals surface area contributed by atoms with Crippen LogP contribution >= 0.6 is 0 Å². The maximum atomic E-state index is 14.0. The number of halogens is 1. The van der Waals surface area contributed by atoms with Gasteiger partial charge in [0.1, 0.15) is 11.5 Å². The van der Waals surface area contributed by atoms with Gasteiger partial charge in [0.2, 0.25) is 0 Å². The second-order valence-corrected chi connectivity index (χ2v) is 4.22. The largest absolute Gasteiger partial charge is 0.384 e. The smallest absolute Gasteiger partial charge is 0.131 e. The number of aromatic nitrogens is 2. The molecule has 0 fully saturated rings. The lowest BCUT2D eigenvalue weighted by molar-refractivity contribution is 0.222. The van der Waals surface area contributed by atoms with Gasteiger partial charge in [0.25, 0.3) is 0 Å². The molecule has 3 N–H and O–H groups in total. The van der Waals surface area contributed by atoms with E-state index in [9.17, 15) is 4.39 Å².